The smallest absolute Gasteiger partial charge is 0.274 e. The van der Waals surface area contributed by atoms with Crippen LogP contribution < -0.4 is 0 Å². The molecule has 0 radical (unpaired) electrons. The monoisotopic (exact) mass is 273 g/mol. The van der Waals surface area contributed by atoms with Crippen molar-refractivity contribution in [1.29, 1.82) is 0 Å². The van der Waals surface area contributed by atoms with Crippen LogP contribution in [-0.2, 0) is 0 Å². The van der Waals surface area contributed by atoms with Gasteiger partial charge in [-0.2, -0.15) is 11.8 Å². The van der Waals surface area contributed by atoms with E-state index in [1.165, 1.54) is 12.4 Å². The molecule has 1 rings (SSSR count). The highest BCUT2D eigenvalue weighted by Gasteiger charge is 2.20. The summed E-state index contributed by atoms with van der Waals surface area (Å²) in [6.45, 7) is 2.06. The van der Waals surface area contributed by atoms with E-state index in [1.807, 2.05) is 6.26 Å². The van der Waals surface area contributed by atoms with Crippen molar-refractivity contribution >= 4 is 29.3 Å². The highest BCUT2D eigenvalue weighted by atomic mass is 35.5. The lowest BCUT2D eigenvalue weighted by Crippen LogP contribution is -2.38. The van der Waals surface area contributed by atoms with E-state index in [4.69, 9.17) is 11.6 Å². The van der Waals surface area contributed by atoms with E-state index in [9.17, 15) is 4.79 Å². The van der Waals surface area contributed by atoms with E-state index in [0.717, 1.165) is 12.2 Å². The van der Waals surface area contributed by atoms with Crippen LogP contribution in [0.4, 0.5) is 0 Å². The van der Waals surface area contributed by atoms with Crippen molar-refractivity contribution in [2.24, 2.45) is 0 Å². The lowest BCUT2D eigenvalue weighted by molar-refractivity contribution is 0.0737. The van der Waals surface area contributed by atoms with Crippen molar-refractivity contribution in [3.05, 3.63) is 23.2 Å². The molecule has 0 aliphatic carbocycles. The normalized spacial score (nSPS) is 12.2. The van der Waals surface area contributed by atoms with E-state index in [0.29, 0.717) is 5.69 Å². The molecule has 0 fully saturated rings. The fourth-order valence-corrected chi connectivity index (χ4v) is 2.48. The number of amides is 1. The Balaban J connectivity index is 2.81. The van der Waals surface area contributed by atoms with E-state index in [-0.39, 0.29) is 17.1 Å². The van der Waals surface area contributed by atoms with Gasteiger partial charge in [-0.25, -0.2) is 4.98 Å². The summed E-state index contributed by atoms with van der Waals surface area (Å²) in [4.78, 5) is 21.7. The van der Waals surface area contributed by atoms with Crippen molar-refractivity contribution in [1.82, 2.24) is 14.9 Å². The minimum atomic E-state index is -0.138. The van der Waals surface area contributed by atoms with Crippen LogP contribution in [0, 0.1) is 0 Å². The Morgan fingerprint density at radius 3 is 2.82 bits per heavy atom. The summed E-state index contributed by atoms with van der Waals surface area (Å²) in [7, 11) is 1.79. The van der Waals surface area contributed by atoms with Crippen LogP contribution in [0.15, 0.2) is 12.4 Å². The average molecular weight is 274 g/mol. The van der Waals surface area contributed by atoms with E-state index < -0.39 is 0 Å². The second-order valence-electron chi connectivity index (χ2n) is 3.66. The third-order valence-corrected chi connectivity index (χ3v) is 3.42. The Kier molecular flexibility index (Phi) is 5.71. The molecule has 0 saturated heterocycles. The minimum Gasteiger partial charge on any atom is -0.337 e. The summed E-state index contributed by atoms with van der Waals surface area (Å²) in [5.74, 6) is 0.771. The average Bonchev–Trinajstić information content (AvgIpc) is 2.34. The number of nitrogens with zero attached hydrogens (tertiary/aromatic N) is 3. The van der Waals surface area contributed by atoms with Crippen LogP contribution in [-0.4, -0.2) is 45.9 Å². The quantitative estimate of drug-likeness (QED) is 0.826. The number of halogens is 1. The predicted molar refractivity (Wildman–Crippen MR) is 71.6 cm³/mol. The molecular weight excluding hydrogens is 258 g/mol. The SMILES string of the molecule is CCC(CSC)N(C)C(=O)c1cncc(Cl)n1. The van der Waals surface area contributed by atoms with Gasteiger partial charge in [0.1, 0.15) is 10.8 Å². The van der Waals surface area contributed by atoms with Crippen molar-refractivity contribution < 1.29 is 4.79 Å². The Hall–Kier alpha value is -0.810. The molecule has 17 heavy (non-hydrogen) atoms. The van der Waals surface area contributed by atoms with Crippen LogP contribution in [0.3, 0.4) is 0 Å². The standard InChI is InChI=1S/C11H16ClN3OS/c1-4-8(7-17-3)15(2)11(16)9-5-13-6-10(12)14-9/h5-6,8H,4,7H2,1-3H3. The maximum absolute atomic E-state index is 12.1. The first-order valence-electron chi connectivity index (χ1n) is 5.33. The minimum absolute atomic E-state index is 0.138. The van der Waals surface area contributed by atoms with Crippen LogP contribution in [0.25, 0.3) is 0 Å². The summed E-state index contributed by atoms with van der Waals surface area (Å²) in [5, 5.41) is 0.238. The molecule has 0 aliphatic heterocycles. The van der Waals surface area contributed by atoms with Gasteiger partial charge in [0.05, 0.1) is 12.4 Å². The number of hydrogen-bond acceptors (Lipinski definition) is 4. The van der Waals surface area contributed by atoms with Gasteiger partial charge in [-0.15, -0.1) is 0 Å². The fourth-order valence-electron chi connectivity index (χ4n) is 1.49. The maximum atomic E-state index is 12.1. The van der Waals surface area contributed by atoms with Gasteiger partial charge >= 0.3 is 0 Å². The number of aromatic nitrogens is 2. The summed E-state index contributed by atoms with van der Waals surface area (Å²) in [5.41, 5.74) is 0.291. The predicted octanol–water partition coefficient (Wildman–Crippen LogP) is 2.34. The maximum Gasteiger partial charge on any atom is 0.274 e. The van der Waals surface area contributed by atoms with Crippen molar-refractivity contribution in [3.8, 4) is 0 Å². The van der Waals surface area contributed by atoms with Gasteiger partial charge in [-0.1, -0.05) is 18.5 Å². The number of carbonyl (C=O) groups excluding carboxylic acids is 1. The highest BCUT2D eigenvalue weighted by Crippen LogP contribution is 2.12. The molecule has 1 aromatic heterocycles. The van der Waals surface area contributed by atoms with Gasteiger partial charge < -0.3 is 4.90 Å². The van der Waals surface area contributed by atoms with E-state index in [2.05, 4.69) is 16.9 Å². The summed E-state index contributed by atoms with van der Waals surface area (Å²) in [6, 6.07) is 0.207. The topological polar surface area (TPSA) is 46.1 Å². The van der Waals surface area contributed by atoms with E-state index >= 15 is 0 Å². The molecule has 0 aromatic carbocycles. The molecule has 1 atom stereocenters. The molecule has 1 unspecified atom stereocenters. The zero-order valence-electron chi connectivity index (χ0n) is 10.2. The summed E-state index contributed by atoms with van der Waals surface area (Å²) in [6.07, 6.45) is 5.80. The van der Waals surface area contributed by atoms with Crippen molar-refractivity contribution in [2.75, 3.05) is 19.1 Å². The Labute approximate surface area is 111 Å². The molecule has 1 aromatic rings. The Morgan fingerprint density at radius 1 is 1.59 bits per heavy atom. The van der Waals surface area contributed by atoms with Gasteiger partial charge in [0.2, 0.25) is 0 Å². The largest absolute Gasteiger partial charge is 0.337 e. The van der Waals surface area contributed by atoms with Gasteiger partial charge in [-0.3, -0.25) is 9.78 Å². The first-order chi connectivity index (χ1) is 8.10. The summed E-state index contributed by atoms with van der Waals surface area (Å²) >= 11 is 7.44. The number of hydrogen-bond donors (Lipinski definition) is 0. The number of rotatable bonds is 5. The number of thioether (sulfide) groups is 1. The molecule has 1 amide bonds. The van der Waals surface area contributed by atoms with Crippen molar-refractivity contribution in [2.45, 2.75) is 19.4 Å². The summed E-state index contributed by atoms with van der Waals surface area (Å²) < 4.78 is 0. The second-order valence-corrected chi connectivity index (χ2v) is 4.96. The van der Waals surface area contributed by atoms with Crippen LogP contribution in [0.2, 0.25) is 5.15 Å². The molecule has 1 heterocycles. The molecular formula is C11H16ClN3OS. The molecule has 0 bridgehead atoms. The first-order valence-corrected chi connectivity index (χ1v) is 7.11. The van der Waals surface area contributed by atoms with Gasteiger partial charge in [0.15, 0.2) is 0 Å². The molecule has 0 N–H and O–H groups in total. The van der Waals surface area contributed by atoms with Crippen LogP contribution in [0.1, 0.15) is 23.8 Å². The second kappa shape index (κ2) is 6.81. The van der Waals surface area contributed by atoms with Gasteiger partial charge in [-0.05, 0) is 12.7 Å². The van der Waals surface area contributed by atoms with Gasteiger partial charge in [0.25, 0.3) is 5.91 Å². The van der Waals surface area contributed by atoms with Crippen LogP contribution in [0.5, 0.6) is 0 Å². The lowest BCUT2D eigenvalue weighted by atomic mass is 10.2. The fraction of sp³-hybridized carbons (Fsp3) is 0.545. The van der Waals surface area contributed by atoms with Crippen molar-refractivity contribution in [3.63, 3.8) is 0 Å². The first kappa shape index (κ1) is 14.3. The molecule has 0 saturated carbocycles. The molecule has 6 heteroatoms. The molecule has 94 valence electrons. The third-order valence-electron chi connectivity index (χ3n) is 2.52. The Morgan fingerprint density at radius 2 is 2.29 bits per heavy atom. The molecule has 0 spiro atoms. The third kappa shape index (κ3) is 3.85. The Bertz CT molecular complexity index is 389. The lowest BCUT2D eigenvalue weighted by Gasteiger charge is -2.26. The van der Waals surface area contributed by atoms with Gasteiger partial charge in [0, 0.05) is 18.8 Å². The molecule has 0 aliphatic rings. The van der Waals surface area contributed by atoms with Crippen LogP contribution >= 0.6 is 23.4 Å². The number of carbonyl (C=O) groups is 1. The zero-order valence-corrected chi connectivity index (χ0v) is 11.8. The highest BCUT2D eigenvalue weighted by molar-refractivity contribution is 7.98. The van der Waals surface area contributed by atoms with E-state index in [1.54, 1.807) is 23.7 Å². The zero-order chi connectivity index (χ0) is 12.8. The molecule has 4 nitrogen and oxygen atoms in total.